The van der Waals surface area contributed by atoms with Gasteiger partial charge in [0.15, 0.2) is 5.78 Å². The van der Waals surface area contributed by atoms with Crippen LogP contribution in [0.2, 0.25) is 0 Å². The highest BCUT2D eigenvalue weighted by atomic mass is 32.2. The minimum Gasteiger partial charge on any atom is -0.403 e. The summed E-state index contributed by atoms with van der Waals surface area (Å²) in [6, 6.07) is 2.17. The first-order valence-corrected chi connectivity index (χ1v) is 9.64. The summed E-state index contributed by atoms with van der Waals surface area (Å²) >= 11 is 1.48. The number of nitrogens with zero attached hydrogens (tertiary/aromatic N) is 4. The van der Waals surface area contributed by atoms with Crippen molar-refractivity contribution in [2.75, 3.05) is 11.1 Å². The number of ketones is 1. The highest BCUT2D eigenvalue weighted by Gasteiger charge is 2.43. The average Bonchev–Trinajstić information content (AvgIpc) is 3.18. The normalized spacial score (nSPS) is 20.9. The smallest absolute Gasteiger partial charge is 0.403 e. The van der Waals surface area contributed by atoms with Gasteiger partial charge in [-0.2, -0.15) is 4.98 Å². The number of allylic oxidation sites excluding steroid dienone is 2. The molecule has 0 amide bonds. The topological polar surface area (TPSA) is 116 Å². The van der Waals surface area contributed by atoms with Crippen molar-refractivity contribution < 1.29 is 14.1 Å². The number of hydrogen-bond acceptors (Lipinski definition) is 8. The zero-order valence-electron chi connectivity index (χ0n) is 15.2. The molecule has 0 aromatic carbocycles. The number of rotatable bonds is 4. The van der Waals surface area contributed by atoms with E-state index >= 15 is 0 Å². The number of carbonyl (C=O) groups is 1. The Bertz CT molecular complexity index is 974. The lowest BCUT2D eigenvalue weighted by Crippen LogP contribution is -2.36. The first-order valence-electron chi connectivity index (χ1n) is 8.66. The van der Waals surface area contributed by atoms with Crippen LogP contribution in [-0.4, -0.2) is 31.2 Å². The second kappa shape index (κ2) is 6.22. The van der Waals surface area contributed by atoms with Gasteiger partial charge in [0.1, 0.15) is 16.7 Å². The number of hydrogen-bond donors (Lipinski definition) is 1. The number of nitrogens with one attached hydrogen (secondary N) is 1. The second-order valence-corrected chi connectivity index (χ2v) is 8.62. The number of Topliss-reactive ketones (excluding diaryl/α,β-unsaturated/α-hetero) is 1. The third kappa shape index (κ3) is 3.03. The molecule has 0 fully saturated rings. The molecule has 27 heavy (non-hydrogen) atoms. The van der Waals surface area contributed by atoms with Crippen LogP contribution in [0.3, 0.4) is 0 Å². The summed E-state index contributed by atoms with van der Waals surface area (Å²) in [7, 11) is 0. The quantitative estimate of drug-likeness (QED) is 0.479. The highest BCUT2D eigenvalue weighted by molar-refractivity contribution is 7.99. The third-order valence-electron chi connectivity index (χ3n) is 4.65. The molecule has 1 unspecified atom stereocenters. The summed E-state index contributed by atoms with van der Waals surface area (Å²) in [5.41, 5.74) is 1.16. The fourth-order valence-electron chi connectivity index (χ4n) is 3.63. The van der Waals surface area contributed by atoms with Gasteiger partial charge >= 0.3 is 5.88 Å². The second-order valence-electron chi connectivity index (χ2n) is 7.39. The molecule has 2 aliphatic rings. The molecule has 0 saturated carbocycles. The number of aromatic nitrogens is 3. The van der Waals surface area contributed by atoms with Gasteiger partial charge in [0.05, 0.1) is 6.07 Å². The van der Waals surface area contributed by atoms with Gasteiger partial charge < -0.3 is 9.73 Å². The number of fused-ring (bicyclic) bond motifs is 1. The third-order valence-corrected chi connectivity index (χ3v) is 5.37. The molecule has 4 rings (SSSR count). The molecule has 1 aliphatic heterocycles. The molecule has 1 atom stereocenters. The molecule has 0 spiro atoms. The fraction of sp³-hybridized carbons (Fsp3) is 0.471. The molecule has 142 valence electrons. The molecular formula is C17H19N5O4S. The summed E-state index contributed by atoms with van der Waals surface area (Å²) in [5.74, 6) is 1.25. The predicted molar refractivity (Wildman–Crippen MR) is 98.6 cm³/mol. The van der Waals surface area contributed by atoms with Crippen molar-refractivity contribution in [1.29, 1.82) is 0 Å². The summed E-state index contributed by atoms with van der Waals surface area (Å²) in [6.07, 6.45) is 1.07. The van der Waals surface area contributed by atoms with Crippen molar-refractivity contribution in [3.05, 3.63) is 39.3 Å². The van der Waals surface area contributed by atoms with Crippen molar-refractivity contribution in [2.24, 2.45) is 5.41 Å². The van der Waals surface area contributed by atoms with E-state index in [1.54, 1.807) is 4.68 Å². The summed E-state index contributed by atoms with van der Waals surface area (Å²) in [6.45, 7) is 6.09. The average molecular weight is 389 g/mol. The SMILES string of the molecule is CCSc1nc2n(n1)C(c1ccc([N+](=O)[O-])o1)C1=C(CC(C)(C)CC1=O)N2. The summed E-state index contributed by atoms with van der Waals surface area (Å²) in [5, 5.41) is 19.4. The van der Waals surface area contributed by atoms with Gasteiger partial charge in [0.2, 0.25) is 11.1 Å². The van der Waals surface area contributed by atoms with E-state index in [2.05, 4.69) is 15.4 Å². The summed E-state index contributed by atoms with van der Waals surface area (Å²) < 4.78 is 7.04. The van der Waals surface area contributed by atoms with Crippen LogP contribution in [0.1, 0.15) is 45.4 Å². The number of carbonyl (C=O) groups excluding carboxylic acids is 1. The van der Waals surface area contributed by atoms with Crippen molar-refractivity contribution in [1.82, 2.24) is 14.8 Å². The Balaban J connectivity index is 1.87. The number of anilines is 1. The standard InChI is InChI=1S/C17H19N5O4S/c1-4-27-16-19-15-18-9-7-17(2,3)8-10(23)13(9)14(21(15)20-16)11-5-6-12(26-11)22(24)25/h5-6,14H,4,7-8H2,1-3H3,(H,18,19,20). The maximum absolute atomic E-state index is 13.0. The van der Waals surface area contributed by atoms with Crippen molar-refractivity contribution in [3.8, 4) is 0 Å². The molecule has 10 heteroatoms. The van der Waals surface area contributed by atoms with Crippen LogP contribution < -0.4 is 5.32 Å². The molecule has 0 radical (unpaired) electrons. The summed E-state index contributed by atoms with van der Waals surface area (Å²) in [4.78, 5) is 27.9. The van der Waals surface area contributed by atoms with Crippen molar-refractivity contribution in [2.45, 2.75) is 44.8 Å². The molecule has 9 nitrogen and oxygen atoms in total. The van der Waals surface area contributed by atoms with Crippen LogP contribution in [0.4, 0.5) is 11.8 Å². The van der Waals surface area contributed by atoms with Crippen LogP contribution >= 0.6 is 11.8 Å². The Hall–Kier alpha value is -2.62. The van der Waals surface area contributed by atoms with Gasteiger partial charge in [-0.25, -0.2) is 4.68 Å². The van der Waals surface area contributed by atoms with E-state index in [0.29, 0.717) is 35.3 Å². The number of thioether (sulfide) groups is 1. The monoisotopic (exact) mass is 389 g/mol. The largest absolute Gasteiger partial charge is 0.433 e. The molecular weight excluding hydrogens is 370 g/mol. The Morgan fingerprint density at radius 1 is 1.44 bits per heavy atom. The van der Waals surface area contributed by atoms with E-state index in [9.17, 15) is 14.9 Å². The van der Waals surface area contributed by atoms with E-state index in [4.69, 9.17) is 4.42 Å². The predicted octanol–water partition coefficient (Wildman–Crippen LogP) is 3.55. The van der Waals surface area contributed by atoms with Crippen molar-refractivity contribution in [3.63, 3.8) is 0 Å². The Morgan fingerprint density at radius 2 is 2.22 bits per heavy atom. The Labute approximate surface area is 159 Å². The van der Waals surface area contributed by atoms with E-state index in [0.717, 1.165) is 11.4 Å². The fourth-order valence-corrected chi connectivity index (χ4v) is 4.18. The first kappa shape index (κ1) is 17.8. The van der Waals surface area contributed by atoms with Gasteiger partial charge in [0.25, 0.3) is 0 Å². The molecule has 2 aromatic heterocycles. The number of nitro groups is 1. The zero-order chi connectivity index (χ0) is 19.3. The van der Waals surface area contributed by atoms with E-state index in [1.807, 2.05) is 20.8 Å². The van der Waals surface area contributed by atoms with Gasteiger partial charge in [-0.05, 0) is 23.7 Å². The lowest BCUT2D eigenvalue weighted by molar-refractivity contribution is -0.402. The number of furan rings is 1. The minimum absolute atomic E-state index is 0.0105. The molecule has 0 bridgehead atoms. The molecule has 1 aliphatic carbocycles. The lowest BCUT2D eigenvalue weighted by Gasteiger charge is -2.37. The highest BCUT2D eigenvalue weighted by Crippen LogP contribution is 2.46. The Morgan fingerprint density at radius 3 is 2.89 bits per heavy atom. The lowest BCUT2D eigenvalue weighted by atomic mass is 9.73. The molecule has 0 saturated heterocycles. The molecule has 2 aromatic rings. The van der Waals surface area contributed by atoms with E-state index in [-0.39, 0.29) is 17.1 Å². The van der Waals surface area contributed by atoms with Crippen LogP contribution in [0.25, 0.3) is 0 Å². The van der Waals surface area contributed by atoms with Crippen molar-refractivity contribution >= 4 is 29.4 Å². The Kier molecular flexibility index (Phi) is 4.10. The van der Waals surface area contributed by atoms with Crippen LogP contribution in [-0.2, 0) is 4.79 Å². The van der Waals surface area contributed by atoms with E-state index in [1.165, 1.54) is 23.9 Å². The maximum atomic E-state index is 13.0. The van der Waals surface area contributed by atoms with E-state index < -0.39 is 11.0 Å². The zero-order valence-corrected chi connectivity index (χ0v) is 16.0. The minimum atomic E-state index is -0.660. The first-order chi connectivity index (χ1) is 12.8. The molecule has 3 heterocycles. The molecule has 1 N–H and O–H groups in total. The maximum Gasteiger partial charge on any atom is 0.433 e. The van der Waals surface area contributed by atoms with Gasteiger partial charge in [-0.1, -0.05) is 32.5 Å². The van der Waals surface area contributed by atoms with Crippen LogP contribution in [0, 0.1) is 15.5 Å². The van der Waals surface area contributed by atoms with Gasteiger partial charge in [-0.15, -0.1) is 5.10 Å². The van der Waals surface area contributed by atoms with Gasteiger partial charge in [-0.3, -0.25) is 14.9 Å². The van der Waals surface area contributed by atoms with Crippen LogP contribution in [0.15, 0.2) is 33.0 Å². The van der Waals surface area contributed by atoms with Crippen LogP contribution in [0.5, 0.6) is 0 Å². The van der Waals surface area contributed by atoms with Gasteiger partial charge in [0, 0.05) is 17.7 Å².